The Morgan fingerprint density at radius 3 is 2.96 bits per heavy atom. The summed E-state index contributed by atoms with van der Waals surface area (Å²) >= 11 is 1.73. The first-order valence-electron chi connectivity index (χ1n) is 8.23. The maximum absolute atomic E-state index is 5.67. The van der Waals surface area contributed by atoms with Gasteiger partial charge < -0.3 is 19.9 Å². The quantitative estimate of drug-likeness (QED) is 0.380. The van der Waals surface area contributed by atoms with E-state index >= 15 is 0 Å². The monoisotopic (exact) mass is 476 g/mol. The molecule has 25 heavy (non-hydrogen) atoms. The molecule has 0 aliphatic carbocycles. The molecule has 138 valence electrons. The number of thiophene rings is 1. The van der Waals surface area contributed by atoms with E-state index in [-0.39, 0.29) is 30.1 Å². The molecule has 1 fully saturated rings. The predicted octanol–water partition coefficient (Wildman–Crippen LogP) is 2.22. The maximum Gasteiger partial charge on any atom is 0.192 e. The van der Waals surface area contributed by atoms with Gasteiger partial charge in [0, 0.05) is 25.1 Å². The Bertz CT molecular complexity index is 666. The van der Waals surface area contributed by atoms with Gasteiger partial charge >= 0.3 is 0 Å². The third-order valence-corrected chi connectivity index (χ3v) is 4.97. The van der Waals surface area contributed by atoms with Gasteiger partial charge in [0.25, 0.3) is 0 Å². The van der Waals surface area contributed by atoms with Gasteiger partial charge in [0.05, 0.1) is 12.6 Å². The first-order valence-corrected chi connectivity index (χ1v) is 9.11. The van der Waals surface area contributed by atoms with Crippen LogP contribution in [-0.2, 0) is 24.9 Å². The van der Waals surface area contributed by atoms with Crippen molar-refractivity contribution in [3.63, 3.8) is 0 Å². The highest BCUT2D eigenvalue weighted by Gasteiger charge is 2.15. The number of aromatic nitrogens is 3. The number of nitrogens with zero attached hydrogens (tertiary/aromatic N) is 4. The van der Waals surface area contributed by atoms with Crippen LogP contribution in [0, 0.1) is 6.92 Å². The highest BCUT2D eigenvalue weighted by molar-refractivity contribution is 14.0. The molecule has 1 aliphatic heterocycles. The van der Waals surface area contributed by atoms with Crippen molar-refractivity contribution in [3.05, 3.63) is 34.0 Å². The predicted molar refractivity (Wildman–Crippen MR) is 110 cm³/mol. The van der Waals surface area contributed by atoms with Gasteiger partial charge in [-0.15, -0.1) is 45.5 Å². The zero-order valence-corrected chi connectivity index (χ0v) is 17.7. The number of hydrogen-bond acceptors (Lipinski definition) is 5. The first kappa shape index (κ1) is 20.1. The van der Waals surface area contributed by atoms with Crippen LogP contribution in [0.5, 0.6) is 0 Å². The third-order valence-electron chi connectivity index (χ3n) is 4.09. The molecule has 9 heteroatoms. The van der Waals surface area contributed by atoms with Crippen molar-refractivity contribution >= 4 is 41.3 Å². The summed E-state index contributed by atoms with van der Waals surface area (Å²) in [5.41, 5.74) is 0. The van der Waals surface area contributed by atoms with Gasteiger partial charge in [-0.2, -0.15) is 0 Å². The Hall–Kier alpha value is -1.20. The lowest BCUT2D eigenvalue weighted by molar-refractivity contribution is 0.114. The number of ether oxygens (including phenoxy) is 1. The van der Waals surface area contributed by atoms with Crippen molar-refractivity contribution in [1.82, 2.24) is 25.4 Å². The number of nitrogens with one attached hydrogen (secondary N) is 2. The van der Waals surface area contributed by atoms with E-state index in [1.807, 2.05) is 18.5 Å². The zero-order valence-electron chi connectivity index (χ0n) is 14.6. The molecule has 1 saturated heterocycles. The Labute approximate surface area is 169 Å². The van der Waals surface area contributed by atoms with Gasteiger partial charge in [-0.25, -0.2) is 4.99 Å². The molecule has 2 N–H and O–H groups in total. The van der Waals surface area contributed by atoms with Gasteiger partial charge in [-0.05, 0) is 31.2 Å². The lowest BCUT2D eigenvalue weighted by atomic mass is 10.2. The Morgan fingerprint density at radius 1 is 1.44 bits per heavy atom. The summed E-state index contributed by atoms with van der Waals surface area (Å²) in [4.78, 5) is 5.92. The molecule has 1 aliphatic rings. The van der Waals surface area contributed by atoms with Crippen LogP contribution in [0.4, 0.5) is 0 Å². The number of aryl methyl sites for hydroxylation is 1. The van der Waals surface area contributed by atoms with Crippen molar-refractivity contribution in [2.24, 2.45) is 12.0 Å². The van der Waals surface area contributed by atoms with Crippen LogP contribution in [0.2, 0.25) is 0 Å². The average molecular weight is 476 g/mol. The SMILES string of the molecule is Cc1nnc(CN=C(NCc2cccs2)NCC2CCCO2)n1C.I. The Kier molecular flexibility index (Phi) is 8.10. The van der Waals surface area contributed by atoms with Gasteiger partial charge in [-0.1, -0.05) is 6.07 Å². The second kappa shape index (κ2) is 10.1. The van der Waals surface area contributed by atoms with Crippen LogP contribution < -0.4 is 10.6 Å². The summed E-state index contributed by atoms with van der Waals surface area (Å²) in [6.45, 7) is 4.81. The second-order valence-electron chi connectivity index (χ2n) is 5.84. The van der Waals surface area contributed by atoms with Gasteiger partial charge in [0.15, 0.2) is 11.8 Å². The lowest BCUT2D eigenvalue weighted by Crippen LogP contribution is -2.40. The first-order chi connectivity index (χ1) is 11.7. The summed E-state index contributed by atoms with van der Waals surface area (Å²) in [7, 11) is 1.96. The van der Waals surface area contributed by atoms with E-state index in [9.17, 15) is 0 Å². The normalized spacial score (nSPS) is 17.4. The van der Waals surface area contributed by atoms with Crippen LogP contribution >= 0.6 is 35.3 Å². The van der Waals surface area contributed by atoms with Crippen LogP contribution in [0.25, 0.3) is 0 Å². The molecular formula is C16H25IN6OS. The molecule has 0 saturated carbocycles. The Morgan fingerprint density at radius 2 is 2.32 bits per heavy atom. The van der Waals surface area contributed by atoms with Crippen LogP contribution in [0.15, 0.2) is 22.5 Å². The molecule has 0 spiro atoms. The fourth-order valence-corrected chi connectivity index (χ4v) is 3.16. The van der Waals surface area contributed by atoms with E-state index < -0.39 is 0 Å². The second-order valence-corrected chi connectivity index (χ2v) is 6.87. The van der Waals surface area contributed by atoms with E-state index in [0.29, 0.717) is 6.54 Å². The molecule has 2 aromatic rings. The van der Waals surface area contributed by atoms with Crippen molar-refractivity contribution in [2.75, 3.05) is 13.2 Å². The van der Waals surface area contributed by atoms with Gasteiger partial charge in [0.2, 0.25) is 0 Å². The van der Waals surface area contributed by atoms with Gasteiger partial charge in [-0.3, -0.25) is 0 Å². The van der Waals surface area contributed by atoms with Crippen molar-refractivity contribution in [1.29, 1.82) is 0 Å². The summed E-state index contributed by atoms with van der Waals surface area (Å²) in [5, 5.41) is 17.1. The minimum Gasteiger partial charge on any atom is -0.376 e. The maximum atomic E-state index is 5.67. The van der Waals surface area contributed by atoms with E-state index in [4.69, 9.17) is 4.74 Å². The fourth-order valence-electron chi connectivity index (χ4n) is 2.51. The van der Waals surface area contributed by atoms with Crippen LogP contribution in [0.3, 0.4) is 0 Å². The molecule has 0 radical (unpaired) electrons. The lowest BCUT2D eigenvalue weighted by Gasteiger charge is -2.15. The molecule has 1 atom stereocenters. The molecular weight excluding hydrogens is 451 g/mol. The molecule has 3 heterocycles. The average Bonchev–Trinajstić information content (AvgIpc) is 3.33. The van der Waals surface area contributed by atoms with Gasteiger partial charge in [0.1, 0.15) is 12.4 Å². The Balaban J connectivity index is 0.00000225. The number of hydrogen-bond donors (Lipinski definition) is 2. The summed E-state index contributed by atoms with van der Waals surface area (Å²) in [6, 6.07) is 4.17. The molecule has 7 nitrogen and oxygen atoms in total. The summed E-state index contributed by atoms with van der Waals surface area (Å²) in [5.74, 6) is 2.52. The highest BCUT2D eigenvalue weighted by atomic mass is 127. The van der Waals surface area contributed by atoms with Crippen molar-refractivity contribution in [2.45, 2.75) is 39.0 Å². The smallest absolute Gasteiger partial charge is 0.192 e. The molecule has 0 bridgehead atoms. The number of halogens is 1. The molecule has 0 aromatic carbocycles. The molecule has 0 amide bonds. The molecule has 1 unspecified atom stereocenters. The van der Waals surface area contributed by atoms with E-state index in [1.165, 1.54) is 4.88 Å². The number of guanidine groups is 1. The minimum atomic E-state index is 0. The largest absolute Gasteiger partial charge is 0.376 e. The highest BCUT2D eigenvalue weighted by Crippen LogP contribution is 2.11. The van der Waals surface area contributed by atoms with E-state index in [2.05, 4.69) is 43.3 Å². The minimum absolute atomic E-state index is 0. The van der Waals surface area contributed by atoms with Crippen molar-refractivity contribution < 1.29 is 4.74 Å². The standard InChI is InChI=1S/C16H24N6OS.HI/c1-12-20-21-15(22(12)2)11-19-16(17-9-13-5-3-7-23-13)18-10-14-6-4-8-24-14;/h4,6,8,13H,3,5,7,9-11H2,1-2H3,(H2,17,18,19);1H. The summed E-state index contributed by atoms with van der Waals surface area (Å²) in [6.07, 6.45) is 2.52. The van der Waals surface area contributed by atoms with E-state index in [0.717, 1.165) is 50.1 Å². The number of aliphatic imine (C=N–C) groups is 1. The fraction of sp³-hybridized carbons (Fsp3) is 0.562. The molecule has 2 aromatic heterocycles. The van der Waals surface area contributed by atoms with Crippen LogP contribution in [-0.4, -0.2) is 40.0 Å². The summed E-state index contributed by atoms with van der Waals surface area (Å²) < 4.78 is 7.63. The zero-order chi connectivity index (χ0) is 16.8. The van der Waals surface area contributed by atoms with Crippen molar-refractivity contribution in [3.8, 4) is 0 Å². The van der Waals surface area contributed by atoms with E-state index in [1.54, 1.807) is 11.3 Å². The topological polar surface area (TPSA) is 76.4 Å². The molecule has 3 rings (SSSR count). The number of rotatable bonds is 6. The van der Waals surface area contributed by atoms with Crippen LogP contribution in [0.1, 0.15) is 29.4 Å². The third kappa shape index (κ3) is 5.93.